The first-order chi connectivity index (χ1) is 15.4. The van der Waals surface area contributed by atoms with Gasteiger partial charge in [-0.05, 0) is 62.4 Å². The molecule has 1 aliphatic heterocycles. The van der Waals surface area contributed by atoms with Gasteiger partial charge in [0.2, 0.25) is 15.9 Å². The van der Waals surface area contributed by atoms with Crippen molar-refractivity contribution in [1.82, 2.24) is 9.62 Å². The van der Waals surface area contributed by atoms with E-state index in [4.69, 9.17) is 0 Å². The molecule has 0 saturated carbocycles. The number of halogens is 1. The molecule has 178 valence electrons. The third-order valence-corrected chi connectivity index (χ3v) is 6.89. The van der Waals surface area contributed by atoms with Crippen molar-refractivity contribution in [2.75, 3.05) is 18.5 Å². The number of amides is 2. The van der Waals surface area contributed by atoms with Crippen molar-refractivity contribution >= 4 is 27.5 Å². The van der Waals surface area contributed by atoms with E-state index in [1.807, 2.05) is 0 Å². The van der Waals surface area contributed by atoms with Crippen LogP contribution >= 0.6 is 0 Å². The van der Waals surface area contributed by atoms with Crippen LogP contribution in [0.25, 0.3) is 0 Å². The lowest BCUT2D eigenvalue weighted by Crippen LogP contribution is -2.46. The Morgan fingerprint density at radius 3 is 2.30 bits per heavy atom. The summed E-state index contributed by atoms with van der Waals surface area (Å²) >= 11 is 0. The van der Waals surface area contributed by atoms with Gasteiger partial charge in [0.1, 0.15) is 11.9 Å². The normalized spacial score (nSPS) is 18.9. The molecule has 1 saturated heterocycles. The number of aliphatic hydroxyl groups excluding tert-OH is 2. The molecule has 0 bridgehead atoms. The Hall–Kier alpha value is -2.86. The van der Waals surface area contributed by atoms with Gasteiger partial charge in [0.05, 0.1) is 23.1 Å². The van der Waals surface area contributed by atoms with Gasteiger partial charge < -0.3 is 20.4 Å². The van der Waals surface area contributed by atoms with Crippen LogP contribution in [0.3, 0.4) is 0 Å². The van der Waals surface area contributed by atoms with Crippen LogP contribution < -0.4 is 10.0 Å². The summed E-state index contributed by atoms with van der Waals surface area (Å²) in [7, 11) is -3.89. The molecule has 1 aliphatic rings. The predicted molar refractivity (Wildman–Crippen MR) is 118 cm³/mol. The van der Waals surface area contributed by atoms with Crippen LogP contribution in [0.5, 0.6) is 0 Å². The number of anilines is 1. The van der Waals surface area contributed by atoms with Gasteiger partial charge in [-0.2, -0.15) is 0 Å². The lowest BCUT2D eigenvalue weighted by Gasteiger charge is -2.24. The summed E-state index contributed by atoms with van der Waals surface area (Å²) in [5.41, 5.74) is -0.553. The number of rotatable bonds is 7. The number of benzene rings is 2. The van der Waals surface area contributed by atoms with Crippen molar-refractivity contribution in [3.63, 3.8) is 0 Å². The first kappa shape index (κ1) is 24.8. The zero-order valence-corrected chi connectivity index (χ0v) is 19.0. The lowest BCUT2D eigenvalue weighted by atomic mass is 10.1. The minimum atomic E-state index is -3.89. The zero-order valence-electron chi connectivity index (χ0n) is 18.2. The number of hydrogen-bond donors (Lipinski definition) is 4. The lowest BCUT2D eigenvalue weighted by molar-refractivity contribution is -0.119. The summed E-state index contributed by atoms with van der Waals surface area (Å²) in [5.74, 6) is -1.55. The molecular formula is C22H26FN3O6S. The molecule has 0 aliphatic carbocycles. The third-order valence-electron chi connectivity index (χ3n) is 5.17. The molecule has 9 nitrogen and oxygen atoms in total. The first-order valence-electron chi connectivity index (χ1n) is 10.2. The van der Waals surface area contributed by atoms with Crippen molar-refractivity contribution in [3.8, 4) is 0 Å². The van der Waals surface area contributed by atoms with E-state index in [0.717, 1.165) is 12.1 Å². The second-order valence-corrected chi connectivity index (χ2v) is 10.2. The van der Waals surface area contributed by atoms with E-state index in [0.29, 0.717) is 5.69 Å². The van der Waals surface area contributed by atoms with Gasteiger partial charge in [0, 0.05) is 24.2 Å². The Bertz CT molecular complexity index is 1120. The molecule has 11 heteroatoms. The number of likely N-dealkylation sites (tertiary alicyclic amines) is 1. The Balaban J connectivity index is 1.72. The summed E-state index contributed by atoms with van der Waals surface area (Å²) in [6, 6.07) is 9.35. The minimum absolute atomic E-state index is 0.0331. The highest BCUT2D eigenvalue weighted by Crippen LogP contribution is 2.23. The smallest absolute Gasteiger partial charge is 0.254 e. The maximum Gasteiger partial charge on any atom is 0.254 e. The second kappa shape index (κ2) is 9.56. The van der Waals surface area contributed by atoms with E-state index in [2.05, 4.69) is 10.0 Å². The molecule has 0 radical (unpaired) electrons. The quantitative estimate of drug-likeness (QED) is 0.469. The molecule has 2 atom stereocenters. The summed E-state index contributed by atoms with van der Waals surface area (Å²) in [4.78, 5) is 26.8. The van der Waals surface area contributed by atoms with Crippen molar-refractivity contribution in [2.24, 2.45) is 0 Å². The van der Waals surface area contributed by atoms with E-state index in [9.17, 15) is 32.6 Å². The van der Waals surface area contributed by atoms with Crippen molar-refractivity contribution in [1.29, 1.82) is 0 Å². The van der Waals surface area contributed by atoms with Crippen LogP contribution in [0.1, 0.15) is 30.6 Å². The van der Waals surface area contributed by atoms with Crippen molar-refractivity contribution < 1.29 is 32.6 Å². The molecule has 0 unspecified atom stereocenters. The van der Waals surface area contributed by atoms with Crippen LogP contribution in [0.2, 0.25) is 0 Å². The zero-order chi connectivity index (χ0) is 24.4. The SMILES string of the molecule is CC(C)(CO)NS(=O)(=O)c1ccc(NC(=O)[C@@H]2C[C@@H](O)CN2C(=O)c2ccc(F)cc2)cc1. The van der Waals surface area contributed by atoms with E-state index >= 15 is 0 Å². The van der Waals surface area contributed by atoms with Crippen molar-refractivity contribution in [2.45, 2.75) is 42.8 Å². The van der Waals surface area contributed by atoms with Gasteiger partial charge >= 0.3 is 0 Å². The highest BCUT2D eigenvalue weighted by Gasteiger charge is 2.39. The summed E-state index contributed by atoms with van der Waals surface area (Å²) in [5, 5.41) is 21.9. The van der Waals surface area contributed by atoms with Crippen LogP contribution in [0, 0.1) is 5.82 Å². The van der Waals surface area contributed by atoms with Crippen LogP contribution in [0.4, 0.5) is 10.1 Å². The van der Waals surface area contributed by atoms with Gasteiger partial charge in [-0.1, -0.05) is 0 Å². The maximum atomic E-state index is 13.2. The third kappa shape index (κ3) is 5.93. The molecule has 33 heavy (non-hydrogen) atoms. The Morgan fingerprint density at radius 1 is 1.12 bits per heavy atom. The molecule has 0 spiro atoms. The number of nitrogens with zero attached hydrogens (tertiary/aromatic N) is 1. The molecule has 1 fully saturated rings. The van der Waals surface area contributed by atoms with E-state index in [1.54, 1.807) is 0 Å². The monoisotopic (exact) mass is 479 g/mol. The van der Waals surface area contributed by atoms with Gasteiger partial charge in [-0.15, -0.1) is 0 Å². The first-order valence-corrected chi connectivity index (χ1v) is 11.7. The maximum absolute atomic E-state index is 13.2. The van der Waals surface area contributed by atoms with E-state index < -0.39 is 45.3 Å². The average Bonchev–Trinajstić information content (AvgIpc) is 3.15. The minimum Gasteiger partial charge on any atom is -0.394 e. The molecule has 1 heterocycles. The van der Waals surface area contributed by atoms with E-state index in [-0.39, 0.29) is 30.0 Å². The number of aliphatic hydroxyl groups is 2. The van der Waals surface area contributed by atoms with Gasteiger partial charge in [-0.25, -0.2) is 17.5 Å². The number of sulfonamides is 1. The molecule has 0 aromatic heterocycles. The van der Waals surface area contributed by atoms with Gasteiger partial charge in [-0.3, -0.25) is 9.59 Å². The second-order valence-electron chi connectivity index (χ2n) is 8.53. The Morgan fingerprint density at radius 2 is 1.73 bits per heavy atom. The van der Waals surface area contributed by atoms with Crippen molar-refractivity contribution in [3.05, 3.63) is 59.9 Å². The number of carbonyl (C=O) groups is 2. The van der Waals surface area contributed by atoms with Gasteiger partial charge in [0.25, 0.3) is 5.91 Å². The molecule has 3 rings (SSSR count). The fraction of sp³-hybridized carbons (Fsp3) is 0.364. The van der Waals surface area contributed by atoms with Crippen LogP contribution in [-0.4, -0.2) is 66.2 Å². The van der Waals surface area contributed by atoms with Crippen LogP contribution in [0.15, 0.2) is 53.4 Å². The van der Waals surface area contributed by atoms with E-state index in [1.165, 1.54) is 55.1 Å². The number of nitrogens with one attached hydrogen (secondary N) is 2. The predicted octanol–water partition coefficient (Wildman–Crippen LogP) is 1.09. The fourth-order valence-corrected chi connectivity index (χ4v) is 4.85. The highest BCUT2D eigenvalue weighted by molar-refractivity contribution is 7.89. The number of β-amino-alcohol motifs (C(OH)–C–C–N with tert-alkyl or cyclic N) is 1. The number of carbonyl (C=O) groups excluding carboxylic acids is 2. The molecule has 2 aromatic rings. The summed E-state index contributed by atoms with van der Waals surface area (Å²) in [6.45, 7) is 2.64. The average molecular weight is 480 g/mol. The van der Waals surface area contributed by atoms with Crippen LogP contribution in [-0.2, 0) is 14.8 Å². The summed E-state index contributed by atoms with van der Waals surface area (Å²) in [6.07, 6.45) is -0.857. The molecule has 2 amide bonds. The Kier molecular flexibility index (Phi) is 7.17. The van der Waals surface area contributed by atoms with Gasteiger partial charge in [0.15, 0.2) is 0 Å². The molecule has 2 aromatic carbocycles. The Labute approximate surface area is 191 Å². The molecular weight excluding hydrogens is 453 g/mol. The number of hydrogen-bond acceptors (Lipinski definition) is 6. The largest absolute Gasteiger partial charge is 0.394 e. The molecule has 4 N–H and O–H groups in total. The summed E-state index contributed by atoms with van der Waals surface area (Å²) < 4.78 is 40.4. The topological polar surface area (TPSA) is 136 Å². The highest BCUT2D eigenvalue weighted by atomic mass is 32.2. The standard InChI is InChI=1S/C22H26FN3O6S/c1-22(2,13-27)25-33(31,32)18-9-7-16(8-10-18)24-20(29)19-11-17(28)12-26(19)21(30)14-3-5-15(23)6-4-14/h3-10,17,19,25,27-28H,11-13H2,1-2H3,(H,24,29)/t17-,19+/m1/s1. The fourth-order valence-electron chi connectivity index (χ4n) is 3.44.